The Hall–Kier alpha value is -3.53. The van der Waals surface area contributed by atoms with Crippen molar-refractivity contribution in [1.82, 2.24) is 0 Å². The molecule has 0 spiro atoms. The van der Waals surface area contributed by atoms with Crippen molar-refractivity contribution in [3.05, 3.63) is 96.1 Å². The number of para-hydroxylation sites is 2. The lowest BCUT2D eigenvalue weighted by Gasteiger charge is -2.35. The second-order valence-electron chi connectivity index (χ2n) is 6.91. The van der Waals surface area contributed by atoms with Gasteiger partial charge in [0.05, 0.1) is 30.6 Å². The minimum Gasteiger partial charge on any atom is -0.494 e. The van der Waals surface area contributed by atoms with Crippen LogP contribution < -0.4 is 15.0 Å². The SMILES string of the molecule is CCOc1ccc(/C=C/C(=O)N2CC(c3ccccc3)Nc3ccccc32)cc1. The third-order valence-corrected chi connectivity index (χ3v) is 4.97. The molecule has 1 aliphatic rings. The van der Waals surface area contributed by atoms with Gasteiger partial charge >= 0.3 is 0 Å². The zero-order valence-corrected chi connectivity index (χ0v) is 16.4. The highest BCUT2D eigenvalue weighted by atomic mass is 16.5. The normalized spacial score (nSPS) is 15.6. The van der Waals surface area contributed by atoms with Crippen LogP contribution in [0.5, 0.6) is 5.75 Å². The second kappa shape index (κ2) is 8.65. The number of fused-ring (bicyclic) bond motifs is 1. The summed E-state index contributed by atoms with van der Waals surface area (Å²) in [4.78, 5) is 14.9. The number of nitrogens with zero attached hydrogens (tertiary/aromatic N) is 1. The Balaban J connectivity index is 1.56. The van der Waals surface area contributed by atoms with Crippen LogP contribution in [0.4, 0.5) is 11.4 Å². The summed E-state index contributed by atoms with van der Waals surface area (Å²) in [6.45, 7) is 3.17. The average Bonchev–Trinajstić information content (AvgIpc) is 2.78. The highest BCUT2D eigenvalue weighted by Gasteiger charge is 2.27. The molecule has 29 heavy (non-hydrogen) atoms. The van der Waals surface area contributed by atoms with Crippen LogP contribution in [0, 0.1) is 0 Å². The molecule has 3 aromatic carbocycles. The maximum atomic E-state index is 13.1. The van der Waals surface area contributed by atoms with E-state index in [1.807, 2.05) is 84.6 Å². The number of carbonyl (C=O) groups excluding carboxylic acids is 1. The van der Waals surface area contributed by atoms with E-state index in [4.69, 9.17) is 4.74 Å². The molecule has 1 aliphatic heterocycles. The van der Waals surface area contributed by atoms with Gasteiger partial charge in [-0.25, -0.2) is 0 Å². The molecular formula is C25H24N2O2. The number of benzene rings is 3. The van der Waals surface area contributed by atoms with Crippen molar-refractivity contribution in [3.63, 3.8) is 0 Å². The first-order valence-electron chi connectivity index (χ1n) is 9.87. The maximum Gasteiger partial charge on any atom is 0.251 e. The second-order valence-corrected chi connectivity index (χ2v) is 6.91. The van der Waals surface area contributed by atoms with E-state index in [0.717, 1.165) is 28.3 Å². The fourth-order valence-electron chi connectivity index (χ4n) is 3.53. The van der Waals surface area contributed by atoms with Crippen molar-refractivity contribution < 1.29 is 9.53 Å². The first kappa shape index (κ1) is 18.8. The van der Waals surface area contributed by atoms with E-state index in [-0.39, 0.29) is 11.9 Å². The summed E-state index contributed by atoms with van der Waals surface area (Å²) < 4.78 is 5.47. The van der Waals surface area contributed by atoms with Crippen molar-refractivity contribution >= 4 is 23.4 Å². The summed E-state index contributed by atoms with van der Waals surface area (Å²) in [7, 11) is 0. The topological polar surface area (TPSA) is 41.6 Å². The molecule has 0 saturated carbocycles. The van der Waals surface area contributed by atoms with E-state index < -0.39 is 0 Å². The summed E-state index contributed by atoms with van der Waals surface area (Å²) in [5, 5.41) is 3.56. The van der Waals surface area contributed by atoms with E-state index in [1.54, 1.807) is 6.08 Å². The Morgan fingerprint density at radius 1 is 1.03 bits per heavy atom. The molecule has 1 amide bonds. The van der Waals surface area contributed by atoms with Crippen LogP contribution in [0.2, 0.25) is 0 Å². The van der Waals surface area contributed by atoms with Gasteiger partial charge < -0.3 is 15.0 Å². The van der Waals surface area contributed by atoms with Crippen molar-refractivity contribution in [2.75, 3.05) is 23.4 Å². The van der Waals surface area contributed by atoms with Gasteiger partial charge in [0.1, 0.15) is 5.75 Å². The molecule has 0 radical (unpaired) electrons. The Morgan fingerprint density at radius 3 is 2.52 bits per heavy atom. The number of rotatable bonds is 5. The van der Waals surface area contributed by atoms with Gasteiger partial charge in [-0.1, -0.05) is 54.6 Å². The molecule has 1 heterocycles. The van der Waals surface area contributed by atoms with Crippen LogP contribution in [0.3, 0.4) is 0 Å². The minimum absolute atomic E-state index is 0.0336. The molecule has 0 saturated heterocycles. The predicted octanol–water partition coefficient (Wildman–Crippen LogP) is 5.30. The molecule has 0 aromatic heterocycles. The summed E-state index contributed by atoms with van der Waals surface area (Å²) in [5.74, 6) is 0.798. The zero-order chi connectivity index (χ0) is 20.1. The van der Waals surface area contributed by atoms with Crippen LogP contribution in [0.15, 0.2) is 84.9 Å². The summed E-state index contributed by atoms with van der Waals surface area (Å²) >= 11 is 0. The Kier molecular flexibility index (Phi) is 5.61. The first-order chi connectivity index (χ1) is 14.2. The Labute approximate surface area is 171 Å². The summed E-state index contributed by atoms with van der Waals surface area (Å²) in [5.41, 5.74) is 4.00. The molecule has 4 rings (SSSR count). The third-order valence-electron chi connectivity index (χ3n) is 4.97. The molecule has 3 aromatic rings. The number of hydrogen-bond acceptors (Lipinski definition) is 3. The molecule has 1 atom stereocenters. The molecule has 4 heteroatoms. The highest BCUT2D eigenvalue weighted by molar-refractivity contribution is 6.06. The lowest BCUT2D eigenvalue weighted by atomic mass is 10.0. The van der Waals surface area contributed by atoms with Crippen molar-refractivity contribution in [1.29, 1.82) is 0 Å². The zero-order valence-electron chi connectivity index (χ0n) is 16.4. The molecule has 1 N–H and O–H groups in total. The van der Waals surface area contributed by atoms with Gasteiger partial charge in [0.15, 0.2) is 0 Å². The van der Waals surface area contributed by atoms with E-state index >= 15 is 0 Å². The first-order valence-corrected chi connectivity index (χ1v) is 9.87. The van der Waals surface area contributed by atoms with Crippen molar-refractivity contribution in [2.24, 2.45) is 0 Å². The van der Waals surface area contributed by atoms with Gasteiger partial charge in [-0.15, -0.1) is 0 Å². The molecule has 4 nitrogen and oxygen atoms in total. The van der Waals surface area contributed by atoms with Gasteiger partial charge in [0.2, 0.25) is 0 Å². The number of ether oxygens (including phenoxy) is 1. The average molecular weight is 384 g/mol. The van der Waals surface area contributed by atoms with Gasteiger partial charge in [-0.3, -0.25) is 4.79 Å². The number of carbonyl (C=O) groups is 1. The smallest absolute Gasteiger partial charge is 0.251 e. The van der Waals surface area contributed by atoms with Crippen LogP contribution in [0.25, 0.3) is 6.08 Å². The lowest BCUT2D eigenvalue weighted by Crippen LogP contribution is -2.39. The van der Waals surface area contributed by atoms with Gasteiger partial charge in [-0.05, 0) is 48.4 Å². The number of anilines is 2. The van der Waals surface area contributed by atoms with Crippen LogP contribution in [-0.4, -0.2) is 19.1 Å². The molecule has 0 fully saturated rings. The lowest BCUT2D eigenvalue weighted by molar-refractivity contribution is -0.114. The third kappa shape index (κ3) is 4.32. The molecule has 1 unspecified atom stereocenters. The largest absolute Gasteiger partial charge is 0.494 e. The van der Waals surface area contributed by atoms with Crippen LogP contribution >= 0.6 is 0 Å². The molecule has 146 valence electrons. The number of nitrogens with one attached hydrogen (secondary N) is 1. The van der Waals surface area contributed by atoms with E-state index in [1.165, 1.54) is 0 Å². The molecule has 0 bridgehead atoms. The monoisotopic (exact) mass is 384 g/mol. The van der Waals surface area contributed by atoms with Crippen LogP contribution in [-0.2, 0) is 4.79 Å². The molecular weight excluding hydrogens is 360 g/mol. The Morgan fingerprint density at radius 2 is 1.76 bits per heavy atom. The van der Waals surface area contributed by atoms with Crippen LogP contribution in [0.1, 0.15) is 24.1 Å². The number of hydrogen-bond donors (Lipinski definition) is 1. The summed E-state index contributed by atoms with van der Waals surface area (Å²) in [6, 6.07) is 25.9. The van der Waals surface area contributed by atoms with Gasteiger partial charge in [0, 0.05) is 6.08 Å². The number of amides is 1. The van der Waals surface area contributed by atoms with E-state index in [0.29, 0.717) is 13.2 Å². The standard InChI is InChI=1S/C25H24N2O2/c1-2-29-21-15-12-19(13-16-21)14-17-25(28)27-18-23(20-8-4-3-5-9-20)26-22-10-6-7-11-24(22)27/h3-17,23,26H,2,18H2,1H3/b17-14+. The van der Waals surface area contributed by atoms with E-state index in [9.17, 15) is 4.79 Å². The minimum atomic E-state index is -0.0336. The highest BCUT2D eigenvalue weighted by Crippen LogP contribution is 2.35. The fourth-order valence-corrected chi connectivity index (χ4v) is 3.53. The Bertz CT molecular complexity index is 997. The van der Waals surface area contributed by atoms with Crippen molar-refractivity contribution in [2.45, 2.75) is 13.0 Å². The van der Waals surface area contributed by atoms with E-state index in [2.05, 4.69) is 17.4 Å². The van der Waals surface area contributed by atoms with Gasteiger partial charge in [0.25, 0.3) is 5.91 Å². The fraction of sp³-hybridized carbons (Fsp3) is 0.160. The molecule has 0 aliphatic carbocycles. The van der Waals surface area contributed by atoms with Crippen molar-refractivity contribution in [3.8, 4) is 5.75 Å². The quantitative estimate of drug-likeness (QED) is 0.607. The van der Waals surface area contributed by atoms with Gasteiger partial charge in [-0.2, -0.15) is 0 Å². The maximum absolute atomic E-state index is 13.1. The summed E-state index contributed by atoms with van der Waals surface area (Å²) in [6.07, 6.45) is 3.49. The predicted molar refractivity (Wildman–Crippen MR) is 118 cm³/mol.